The minimum absolute atomic E-state index is 0.149. The molecule has 0 saturated carbocycles. The van der Waals surface area contributed by atoms with E-state index in [-0.39, 0.29) is 18.2 Å². The highest BCUT2D eigenvalue weighted by atomic mass is 32.2. The van der Waals surface area contributed by atoms with Gasteiger partial charge in [-0.1, -0.05) is 13.0 Å². The van der Waals surface area contributed by atoms with Crippen LogP contribution < -0.4 is 15.0 Å². The maximum Gasteiger partial charge on any atom is 0.256 e. The molecule has 0 aliphatic carbocycles. The molecule has 0 bridgehead atoms. The second-order valence-corrected chi connectivity index (χ2v) is 6.92. The summed E-state index contributed by atoms with van der Waals surface area (Å²) in [5.41, 5.74) is 1.42. The van der Waals surface area contributed by atoms with E-state index in [1.807, 2.05) is 37.4 Å². The van der Waals surface area contributed by atoms with Crippen LogP contribution in [0.3, 0.4) is 0 Å². The number of anilines is 2. The van der Waals surface area contributed by atoms with E-state index in [2.05, 4.69) is 5.32 Å². The normalized spacial score (nSPS) is 16.8. The summed E-state index contributed by atoms with van der Waals surface area (Å²) in [7, 11) is 0. The number of ether oxygens (including phenoxy) is 1. The number of rotatable bonds is 7. The van der Waals surface area contributed by atoms with Crippen LogP contribution in [0.15, 0.2) is 53.4 Å². The van der Waals surface area contributed by atoms with E-state index in [4.69, 9.17) is 4.74 Å². The fourth-order valence-electron chi connectivity index (χ4n) is 2.84. The number of carbonyl (C=O) groups is 2. The molecule has 136 valence electrons. The zero-order valence-corrected chi connectivity index (χ0v) is 15.7. The molecule has 1 atom stereocenters. The Morgan fingerprint density at radius 1 is 1.19 bits per heavy atom. The molecule has 1 aliphatic heterocycles. The van der Waals surface area contributed by atoms with Crippen molar-refractivity contribution in [2.24, 2.45) is 0 Å². The van der Waals surface area contributed by atoms with Crippen LogP contribution in [0.2, 0.25) is 0 Å². The third-order valence-corrected chi connectivity index (χ3v) is 4.85. The fraction of sp³-hybridized carbons (Fsp3) is 0.300. The molecule has 0 aromatic heterocycles. The Morgan fingerprint density at radius 3 is 2.65 bits per heavy atom. The van der Waals surface area contributed by atoms with Gasteiger partial charge in [0.1, 0.15) is 11.8 Å². The zero-order valence-electron chi connectivity index (χ0n) is 14.9. The number of nitrogens with zero attached hydrogens (tertiary/aromatic N) is 1. The van der Waals surface area contributed by atoms with Crippen molar-refractivity contribution in [2.75, 3.05) is 23.1 Å². The number of amides is 2. The number of hydrogen-bond acceptors (Lipinski definition) is 5. The Labute approximate surface area is 157 Å². The largest absolute Gasteiger partial charge is 0.494 e. The molecule has 1 fully saturated rings. The van der Waals surface area contributed by atoms with Gasteiger partial charge in [-0.25, -0.2) is 4.90 Å². The van der Waals surface area contributed by atoms with Gasteiger partial charge in [0.25, 0.3) is 5.91 Å². The second-order valence-electron chi connectivity index (χ2n) is 6.04. The molecule has 1 N–H and O–H groups in total. The maximum atomic E-state index is 12.7. The van der Waals surface area contributed by atoms with Gasteiger partial charge in [-0.15, -0.1) is 11.8 Å². The standard InChI is InChI=1S/C20H22N2O3S/c1-3-11-25-16-9-7-15(8-10-16)22-19(23)13-18(20(22)24)21-14-5-4-6-17(12-14)26-2/h4-10,12,18,21H,3,11,13H2,1-2H3/t18-/m1/s1. The molecule has 0 unspecified atom stereocenters. The highest BCUT2D eigenvalue weighted by molar-refractivity contribution is 7.98. The summed E-state index contributed by atoms with van der Waals surface area (Å²) in [4.78, 5) is 27.5. The molecule has 2 aromatic carbocycles. The number of benzene rings is 2. The van der Waals surface area contributed by atoms with Gasteiger partial charge in [0.05, 0.1) is 18.7 Å². The van der Waals surface area contributed by atoms with Crippen molar-refractivity contribution >= 4 is 35.0 Å². The molecule has 3 rings (SSSR count). The average Bonchev–Trinajstić information content (AvgIpc) is 2.94. The Bertz CT molecular complexity index is 792. The van der Waals surface area contributed by atoms with Crippen molar-refractivity contribution in [1.82, 2.24) is 0 Å². The lowest BCUT2D eigenvalue weighted by Gasteiger charge is -2.17. The molecule has 1 heterocycles. The first kappa shape index (κ1) is 18.3. The Balaban J connectivity index is 1.72. The third kappa shape index (κ3) is 4.02. The van der Waals surface area contributed by atoms with E-state index in [1.54, 1.807) is 36.0 Å². The molecule has 2 aromatic rings. The first-order valence-corrected chi connectivity index (χ1v) is 9.85. The van der Waals surface area contributed by atoms with E-state index in [9.17, 15) is 9.59 Å². The van der Waals surface area contributed by atoms with Crippen LogP contribution in [-0.2, 0) is 9.59 Å². The van der Waals surface area contributed by atoms with E-state index in [0.717, 1.165) is 22.8 Å². The molecular formula is C20H22N2O3S. The lowest BCUT2D eigenvalue weighted by Crippen LogP contribution is -2.34. The first-order valence-electron chi connectivity index (χ1n) is 8.62. The second kappa shape index (κ2) is 8.27. The van der Waals surface area contributed by atoms with E-state index in [0.29, 0.717) is 12.3 Å². The summed E-state index contributed by atoms with van der Waals surface area (Å²) in [6, 6.07) is 14.3. The highest BCUT2D eigenvalue weighted by Gasteiger charge is 2.39. The summed E-state index contributed by atoms with van der Waals surface area (Å²) >= 11 is 1.63. The van der Waals surface area contributed by atoms with Crippen molar-refractivity contribution in [3.63, 3.8) is 0 Å². The quantitative estimate of drug-likeness (QED) is 0.591. The number of imide groups is 1. The molecule has 1 aliphatic rings. The summed E-state index contributed by atoms with van der Waals surface area (Å²) in [6.07, 6.45) is 3.07. The van der Waals surface area contributed by atoms with Gasteiger partial charge in [0, 0.05) is 10.6 Å². The topological polar surface area (TPSA) is 58.6 Å². The third-order valence-electron chi connectivity index (χ3n) is 4.13. The number of nitrogens with one attached hydrogen (secondary N) is 1. The molecular weight excluding hydrogens is 348 g/mol. The van der Waals surface area contributed by atoms with Gasteiger partial charge in [0.15, 0.2) is 0 Å². The van der Waals surface area contributed by atoms with Crippen molar-refractivity contribution in [3.8, 4) is 5.75 Å². The van der Waals surface area contributed by atoms with Gasteiger partial charge in [-0.3, -0.25) is 9.59 Å². The molecule has 26 heavy (non-hydrogen) atoms. The summed E-state index contributed by atoms with van der Waals surface area (Å²) in [6.45, 7) is 2.68. The molecule has 0 radical (unpaired) electrons. The van der Waals surface area contributed by atoms with Gasteiger partial charge >= 0.3 is 0 Å². The minimum atomic E-state index is -0.546. The number of thioether (sulfide) groups is 1. The van der Waals surface area contributed by atoms with Crippen LogP contribution in [0.1, 0.15) is 19.8 Å². The average molecular weight is 370 g/mol. The maximum absolute atomic E-state index is 12.7. The molecule has 0 spiro atoms. The SMILES string of the molecule is CCCOc1ccc(N2C(=O)C[C@@H](Nc3cccc(SC)c3)C2=O)cc1. The van der Waals surface area contributed by atoms with Gasteiger partial charge in [-0.05, 0) is 55.1 Å². The molecule has 1 saturated heterocycles. The fourth-order valence-corrected chi connectivity index (χ4v) is 3.30. The Hall–Kier alpha value is -2.47. The smallest absolute Gasteiger partial charge is 0.256 e. The zero-order chi connectivity index (χ0) is 18.5. The van der Waals surface area contributed by atoms with Crippen LogP contribution in [0.4, 0.5) is 11.4 Å². The molecule has 2 amide bonds. The predicted octanol–water partition coefficient (Wildman–Crippen LogP) is 3.94. The Kier molecular flexibility index (Phi) is 5.83. The van der Waals surface area contributed by atoms with Crippen LogP contribution in [0, 0.1) is 0 Å². The monoisotopic (exact) mass is 370 g/mol. The van der Waals surface area contributed by atoms with Crippen molar-refractivity contribution in [1.29, 1.82) is 0 Å². The van der Waals surface area contributed by atoms with Crippen LogP contribution in [-0.4, -0.2) is 30.7 Å². The van der Waals surface area contributed by atoms with Crippen molar-refractivity contribution < 1.29 is 14.3 Å². The van der Waals surface area contributed by atoms with E-state index < -0.39 is 6.04 Å². The Morgan fingerprint density at radius 2 is 1.96 bits per heavy atom. The predicted molar refractivity (Wildman–Crippen MR) is 105 cm³/mol. The van der Waals surface area contributed by atoms with Gasteiger partial charge < -0.3 is 10.1 Å². The highest BCUT2D eigenvalue weighted by Crippen LogP contribution is 2.27. The summed E-state index contributed by atoms with van der Waals surface area (Å²) in [5.74, 6) is 0.306. The number of hydrogen-bond donors (Lipinski definition) is 1. The minimum Gasteiger partial charge on any atom is -0.494 e. The van der Waals surface area contributed by atoms with Gasteiger partial charge in [0.2, 0.25) is 5.91 Å². The van der Waals surface area contributed by atoms with Crippen LogP contribution in [0.25, 0.3) is 0 Å². The summed E-state index contributed by atoms with van der Waals surface area (Å²) < 4.78 is 5.55. The summed E-state index contributed by atoms with van der Waals surface area (Å²) in [5, 5.41) is 3.18. The number of carbonyl (C=O) groups excluding carboxylic acids is 2. The van der Waals surface area contributed by atoms with E-state index >= 15 is 0 Å². The lowest BCUT2D eigenvalue weighted by molar-refractivity contribution is -0.121. The van der Waals surface area contributed by atoms with E-state index in [1.165, 1.54) is 4.90 Å². The van der Waals surface area contributed by atoms with Crippen molar-refractivity contribution in [3.05, 3.63) is 48.5 Å². The van der Waals surface area contributed by atoms with Crippen LogP contribution >= 0.6 is 11.8 Å². The van der Waals surface area contributed by atoms with Crippen LogP contribution in [0.5, 0.6) is 5.75 Å². The first-order chi connectivity index (χ1) is 12.6. The molecule has 5 nitrogen and oxygen atoms in total. The lowest BCUT2D eigenvalue weighted by atomic mass is 10.2. The van der Waals surface area contributed by atoms with Gasteiger partial charge in [-0.2, -0.15) is 0 Å². The molecule has 6 heteroatoms. The van der Waals surface area contributed by atoms with Crippen molar-refractivity contribution in [2.45, 2.75) is 30.7 Å².